The fourth-order valence-electron chi connectivity index (χ4n) is 6.81. The van der Waals surface area contributed by atoms with Crippen LogP contribution in [0.25, 0.3) is 10.8 Å². The molecule has 0 aliphatic carbocycles. The van der Waals surface area contributed by atoms with Crippen LogP contribution in [0.15, 0.2) is 103 Å². The van der Waals surface area contributed by atoms with Crippen LogP contribution in [0.2, 0.25) is 0 Å². The Labute approximate surface area is 293 Å². The Morgan fingerprint density at radius 3 is 2.08 bits per heavy atom. The maximum absolute atomic E-state index is 13.2. The van der Waals surface area contributed by atoms with E-state index in [4.69, 9.17) is 28.4 Å². The van der Waals surface area contributed by atoms with Gasteiger partial charge in [0.2, 0.25) is 0 Å². The minimum absolute atomic E-state index is 0.0255. The molecule has 2 heterocycles. The fourth-order valence-corrected chi connectivity index (χ4v) is 6.81. The highest BCUT2D eigenvalue weighted by Gasteiger charge is 2.52. The van der Waals surface area contributed by atoms with Gasteiger partial charge in [-0.2, -0.15) is 0 Å². The summed E-state index contributed by atoms with van der Waals surface area (Å²) in [6.07, 6.45) is -4.99. The zero-order valence-electron chi connectivity index (χ0n) is 28.9. The summed E-state index contributed by atoms with van der Waals surface area (Å²) >= 11 is 0. The van der Waals surface area contributed by atoms with E-state index in [9.17, 15) is 14.7 Å². The first-order valence-corrected chi connectivity index (χ1v) is 17.5. The molecule has 0 bridgehead atoms. The van der Waals surface area contributed by atoms with Crippen LogP contribution in [-0.4, -0.2) is 66.8 Å². The van der Waals surface area contributed by atoms with Gasteiger partial charge in [-0.1, -0.05) is 107 Å². The van der Waals surface area contributed by atoms with Gasteiger partial charge in [-0.05, 0) is 52.6 Å². The van der Waals surface area contributed by atoms with Gasteiger partial charge in [0, 0.05) is 11.8 Å². The minimum Gasteiger partial charge on any atom is -0.459 e. The van der Waals surface area contributed by atoms with E-state index in [1.54, 1.807) is 48.5 Å². The minimum atomic E-state index is -1.40. The van der Waals surface area contributed by atoms with Gasteiger partial charge < -0.3 is 33.5 Å². The van der Waals surface area contributed by atoms with Crippen molar-refractivity contribution in [3.8, 4) is 0 Å². The molecule has 9 nitrogen and oxygen atoms in total. The number of carbonyl (C=O) groups is 2. The highest BCUT2D eigenvalue weighted by Crippen LogP contribution is 2.39. The molecule has 0 amide bonds. The molecule has 0 saturated carbocycles. The summed E-state index contributed by atoms with van der Waals surface area (Å²) in [4.78, 5) is 26.1. The molecule has 2 fully saturated rings. The Morgan fingerprint density at radius 2 is 1.40 bits per heavy atom. The number of aliphatic hydroxyl groups is 1. The maximum Gasteiger partial charge on any atom is 0.338 e. The number of benzene rings is 4. The molecule has 9 heteroatoms. The van der Waals surface area contributed by atoms with Crippen molar-refractivity contribution in [2.24, 2.45) is 17.8 Å². The standard InChI is InChI=1S/C41H46O9/c1-5-25(2)34-36(37(40(44)48-34)49-39(43)31-17-10-7-11-18-31)50-41-27(4)35(45-23-28-20-21-29-14-12-13-19-32(29)22-28)26(3)33(47-41)24-46-38(42)30-15-8-6-9-16-30/h6-22,25-27,33-37,40-41,44H,5,23-24H2,1-4H3/t25-,26?,27?,33?,34?,35?,36?,37?,40?,41?/m1/s1. The summed E-state index contributed by atoms with van der Waals surface area (Å²) in [7, 11) is 0. The molecule has 2 aliphatic rings. The molecular weight excluding hydrogens is 636 g/mol. The molecule has 4 aromatic rings. The van der Waals surface area contributed by atoms with Crippen LogP contribution < -0.4 is 0 Å². The van der Waals surface area contributed by atoms with Gasteiger partial charge in [-0.3, -0.25) is 0 Å². The maximum atomic E-state index is 13.2. The topological polar surface area (TPSA) is 110 Å². The van der Waals surface area contributed by atoms with Gasteiger partial charge in [-0.25, -0.2) is 9.59 Å². The van der Waals surface area contributed by atoms with Gasteiger partial charge in [-0.15, -0.1) is 0 Å². The van der Waals surface area contributed by atoms with Crippen molar-refractivity contribution in [1.29, 1.82) is 0 Å². The van der Waals surface area contributed by atoms with Gasteiger partial charge in [0.15, 0.2) is 18.7 Å². The van der Waals surface area contributed by atoms with Crippen molar-refractivity contribution in [3.63, 3.8) is 0 Å². The Hall–Kier alpha value is -4.12. The first-order valence-electron chi connectivity index (χ1n) is 17.5. The molecule has 0 spiro atoms. The van der Waals surface area contributed by atoms with E-state index in [-0.39, 0.29) is 30.5 Å². The summed E-state index contributed by atoms with van der Waals surface area (Å²) in [6, 6.07) is 31.9. The molecule has 2 saturated heterocycles. The van der Waals surface area contributed by atoms with Crippen LogP contribution in [0.3, 0.4) is 0 Å². The van der Waals surface area contributed by atoms with Crippen molar-refractivity contribution in [2.75, 3.05) is 6.61 Å². The van der Waals surface area contributed by atoms with Crippen LogP contribution in [0.4, 0.5) is 0 Å². The molecule has 9 unspecified atom stereocenters. The lowest BCUT2D eigenvalue weighted by atomic mass is 9.85. The molecule has 0 radical (unpaired) electrons. The zero-order chi connectivity index (χ0) is 35.2. The Bertz CT molecular complexity index is 1710. The predicted molar refractivity (Wildman–Crippen MR) is 187 cm³/mol. The lowest BCUT2D eigenvalue weighted by molar-refractivity contribution is -0.297. The van der Waals surface area contributed by atoms with Crippen molar-refractivity contribution >= 4 is 22.7 Å². The van der Waals surface area contributed by atoms with E-state index in [0.29, 0.717) is 17.7 Å². The van der Waals surface area contributed by atoms with Gasteiger partial charge in [0.05, 0.1) is 36.0 Å². The lowest BCUT2D eigenvalue weighted by Gasteiger charge is -2.45. The number of esters is 2. The SMILES string of the molecule is CC[C@@H](C)C1OC(O)C(OC(=O)c2ccccc2)C1OC1OC(COC(=O)c2ccccc2)C(C)C(OCc2ccc3ccccc3c2)C1C. The van der Waals surface area contributed by atoms with E-state index in [2.05, 4.69) is 30.3 Å². The summed E-state index contributed by atoms with van der Waals surface area (Å²) in [5.41, 5.74) is 1.82. The monoisotopic (exact) mass is 682 g/mol. The fraction of sp³-hybridized carbons (Fsp3) is 0.415. The Kier molecular flexibility index (Phi) is 11.6. The van der Waals surface area contributed by atoms with Crippen LogP contribution in [0, 0.1) is 17.8 Å². The third-order valence-electron chi connectivity index (χ3n) is 9.98. The average Bonchev–Trinajstić information content (AvgIpc) is 3.45. The van der Waals surface area contributed by atoms with Crippen LogP contribution in [0.5, 0.6) is 0 Å². The zero-order valence-corrected chi connectivity index (χ0v) is 28.9. The number of fused-ring (bicyclic) bond motifs is 1. The largest absolute Gasteiger partial charge is 0.459 e. The number of rotatable bonds is 12. The Balaban J connectivity index is 1.24. The van der Waals surface area contributed by atoms with Crippen molar-refractivity contribution < 1.29 is 43.1 Å². The molecule has 4 aromatic carbocycles. The van der Waals surface area contributed by atoms with E-state index < -0.39 is 48.9 Å². The summed E-state index contributed by atoms with van der Waals surface area (Å²) in [5, 5.41) is 13.3. The third kappa shape index (κ3) is 8.09. The quantitative estimate of drug-likeness (QED) is 0.159. The molecule has 264 valence electrons. The molecule has 10 atom stereocenters. The third-order valence-corrected chi connectivity index (χ3v) is 9.98. The predicted octanol–water partition coefficient (Wildman–Crippen LogP) is 6.95. The van der Waals surface area contributed by atoms with E-state index in [1.165, 1.54) is 0 Å². The second-order valence-corrected chi connectivity index (χ2v) is 13.4. The van der Waals surface area contributed by atoms with E-state index in [0.717, 1.165) is 22.8 Å². The molecule has 1 N–H and O–H groups in total. The van der Waals surface area contributed by atoms with Crippen molar-refractivity contribution in [1.82, 2.24) is 0 Å². The lowest BCUT2D eigenvalue weighted by Crippen LogP contribution is -2.55. The summed E-state index contributed by atoms with van der Waals surface area (Å²) in [5.74, 6) is -1.56. The number of aliphatic hydroxyl groups excluding tert-OH is 1. The van der Waals surface area contributed by atoms with Gasteiger partial charge in [0.25, 0.3) is 0 Å². The molecule has 50 heavy (non-hydrogen) atoms. The highest BCUT2D eigenvalue weighted by atomic mass is 16.7. The first kappa shape index (κ1) is 35.7. The normalized spacial score (nSPS) is 28.6. The molecular formula is C41H46O9. The second-order valence-electron chi connectivity index (χ2n) is 13.4. The van der Waals surface area contributed by atoms with Crippen molar-refractivity contribution in [2.45, 2.75) is 83.8 Å². The van der Waals surface area contributed by atoms with E-state index >= 15 is 0 Å². The van der Waals surface area contributed by atoms with E-state index in [1.807, 2.05) is 52.0 Å². The van der Waals surface area contributed by atoms with Gasteiger partial charge in [0.1, 0.15) is 12.7 Å². The number of carbonyl (C=O) groups excluding carboxylic acids is 2. The second kappa shape index (κ2) is 16.3. The summed E-state index contributed by atoms with van der Waals surface area (Å²) < 4.78 is 37.6. The van der Waals surface area contributed by atoms with Crippen LogP contribution in [0.1, 0.15) is 60.4 Å². The van der Waals surface area contributed by atoms with Gasteiger partial charge >= 0.3 is 11.9 Å². The molecule has 6 rings (SSSR count). The van der Waals surface area contributed by atoms with Crippen LogP contribution >= 0.6 is 0 Å². The average molecular weight is 683 g/mol. The smallest absolute Gasteiger partial charge is 0.338 e. The molecule has 2 aliphatic heterocycles. The Morgan fingerprint density at radius 1 is 0.760 bits per heavy atom. The highest BCUT2D eigenvalue weighted by molar-refractivity contribution is 5.90. The summed E-state index contributed by atoms with van der Waals surface area (Å²) in [6.45, 7) is 8.37. The molecule has 0 aromatic heterocycles. The number of hydrogen-bond acceptors (Lipinski definition) is 9. The number of hydrogen-bond donors (Lipinski definition) is 1. The van der Waals surface area contributed by atoms with Crippen LogP contribution in [-0.2, 0) is 35.0 Å². The first-order chi connectivity index (χ1) is 24.2. The van der Waals surface area contributed by atoms with Crippen molar-refractivity contribution in [3.05, 3.63) is 120 Å². The number of ether oxygens (including phenoxy) is 6.